The first-order chi connectivity index (χ1) is 6.75. The second-order valence-corrected chi connectivity index (χ2v) is 4.21. The van der Waals surface area contributed by atoms with E-state index in [2.05, 4.69) is 30.1 Å². The molecule has 1 atom stereocenters. The van der Waals surface area contributed by atoms with Gasteiger partial charge in [0.15, 0.2) is 0 Å². The van der Waals surface area contributed by atoms with Crippen molar-refractivity contribution in [3.8, 4) is 0 Å². The Kier molecular flexibility index (Phi) is 1.50. The summed E-state index contributed by atoms with van der Waals surface area (Å²) in [6.45, 7) is 2.13. The van der Waals surface area contributed by atoms with Gasteiger partial charge >= 0.3 is 0 Å². The molecule has 3 rings (SSSR count). The second kappa shape index (κ2) is 2.61. The van der Waals surface area contributed by atoms with Gasteiger partial charge in [-0.05, 0) is 37.5 Å². The Hall–Kier alpha value is -1.28. The van der Waals surface area contributed by atoms with E-state index in [1.807, 2.05) is 0 Å². The van der Waals surface area contributed by atoms with E-state index < -0.39 is 0 Å². The predicted molar refractivity (Wildman–Crippen MR) is 58.3 cm³/mol. The lowest BCUT2D eigenvalue weighted by Gasteiger charge is -1.99. The van der Waals surface area contributed by atoms with Gasteiger partial charge < -0.3 is 10.7 Å². The van der Waals surface area contributed by atoms with Gasteiger partial charge in [-0.25, -0.2) is 0 Å². The molecule has 3 N–H and O–H groups in total. The van der Waals surface area contributed by atoms with E-state index in [9.17, 15) is 0 Å². The molecule has 14 heavy (non-hydrogen) atoms. The van der Waals surface area contributed by atoms with Gasteiger partial charge in [0, 0.05) is 22.6 Å². The molecule has 2 heteroatoms. The zero-order valence-electron chi connectivity index (χ0n) is 8.30. The summed E-state index contributed by atoms with van der Waals surface area (Å²) in [5.41, 5.74) is 11.3. The molecule has 0 saturated heterocycles. The standard InChI is InChI=1S/C12H14N2/c1-7-2-5-11-9(6-7)8-3-4-10(13)12(8)14-11/h2,5-6,10,14H,3-4,13H2,1H3/t10-/m1/s1. The summed E-state index contributed by atoms with van der Waals surface area (Å²) in [5.74, 6) is 0. The third-order valence-electron chi connectivity index (χ3n) is 3.17. The fourth-order valence-electron chi connectivity index (χ4n) is 2.41. The van der Waals surface area contributed by atoms with Crippen molar-refractivity contribution in [3.05, 3.63) is 35.0 Å². The van der Waals surface area contributed by atoms with E-state index in [0.29, 0.717) is 0 Å². The summed E-state index contributed by atoms with van der Waals surface area (Å²) in [4.78, 5) is 3.43. The fraction of sp³-hybridized carbons (Fsp3) is 0.333. The highest BCUT2D eigenvalue weighted by Crippen LogP contribution is 2.34. The van der Waals surface area contributed by atoms with E-state index in [0.717, 1.165) is 12.8 Å². The normalized spacial score (nSPS) is 20.3. The van der Waals surface area contributed by atoms with Crippen LogP contribution in [0.4, 0.5) is 0 Å². The van der Waals surface area contributed by atoms with Crippen LogP contribution in [0.5, 0.6) is 0 Å². The summed E-state index contributed by atoms with van der Waals surface area (Å²) in [7, 11) is 0. The van der Waals surface area contributed by atoms with Gasteiger partial charge in [-0.15, -0.1) is 0 Å². The molecule has 1 aliphatic rings. The highest BCUT2D eigenvalue weighted by atomic mass is 14.8. The summed E-state index contributed by atoms with van der Waals surface area (Å²) < 4.78 is 0. The van der Waals surface area contributed by atoms with Crippen molar-refractivity contribution in [3.63, 3.8) is 0 Å². The number of nitrogens with one attached hydrogen (secondary N) is 1. The first-order valence-corrected chi connectivity index (χ1v) is 5.12. The lowest BCUT2D eigenvalue weighted by atomic mass is 10.1. The molecule has 1 aliphatic carbocycles. The van der Waals surface area contributed by atoms with E-state index in [4.69, 9.17) is 5.73 Å². The fourth-order valence-corrected chi connectivity index (χ4v) is 2.41. The Morgan fingerprint density at radius 3 is 3.14 bits per heavy atom. The lowest BCUT2D eigenvalue weighted by molar-refractivity contribution is 0.699. The van der Waals surface area contributed by atoms with Gasteiger partial charge in [-0.1, -0.05) is 11.6 Å². The molecule has 0 radical (unpaired) electrons. The van der Waals surface area contributed by atoms with Crippen LogP contribution in [-0.4, -0.2) is 4.98 Å². The number of aryl methyl sites for hydroxylation is 2. The third kappa shape index (κ3) is 0.946. The number of nitrogens with two attached hydrogens (primary N) is 1. The minimum Gasteiger partial charge on any atom is -0.357 e. The molecule has 0 saturated carbocycles. The molecular weight excluding hydrogens is 172 g/mol. The average Bonchev–Trinajstić information content (AvgIpc) is 2.67. The second-order valence-electron chi connectivity index (χ2n) is 4.21. The molecule has 0 amide bonds. The van der Waals surface area contributed by atoms with Crippen LogP contribution in [-0.2, 0) is 6.42 Å². The molecule has 0 unspecified atom stereocenters. The summed E-state index contributed by atoms with van der Waals surface area (Å²) in [6, 6.07) is 6.76. The average molecular weight is 186 g/mol. The number of rotatable bonds is 0. The summed E-state index contributed by atoms with van der Waals surface area (Å²) in [6.07, 6.45) is 2.21. The number of aromatic nitrogens is 1. The smallest absolute Gasteiger partial charge is 0.0459 e. The molecule has 2 nitrogen and oxygen atoms in total. The molecular formula is C12H14N2. The first kappa shape index (κ1) is 8.06. The zero-order chi connectivity index (χ0) is 9.71. The van der Waals surface area contributed by atoms with Crippen LogP contribution in [0.2, 0.25) is 0 Å². The number of H-pyrrole nitrogens is 1. The number of aromatic amines is 1. The van der Waals surface area contributed by atoms with E-state index in [-0.39, 0.29) is 6.04 Å². The maximum absolute atomic E-state index is 6.02. The van der Waals surface area contributed by atoms with Gasteiger partial charge in [0.25, 0.3) is 0 Å². The Labute approximate surface area is 83.1 Å². The predicted octanol–water partition coefficient (Wildman–Crippen LogP) is 2.42. The van der Waals surface area contributed by atoms with Crippen LogP contribution >= 0.6 is 0 Å². The van der Waals surface area contributed by atoms with Crippen molar-refractivity contribution in [2.24, 2.45) is 5.73 Å². The molecule has 1 aromatic carbocycles. The van der Waals surface area contributed by atoms with Crippen LogP contribution < -0.4 is 5.73 Å². The number of hydrogen-bond acceptors (Lipinski definition) is 1. The van der Waals surface area contributed by atoms with Crippen LogP contribution in [0, 0.1) is 6.92 Å². The Morgan fingerprint density at radius 2 is 2.29 bits per heavy atom. The van der Waals surface area contributed by atoms with E-state index in [1.54, 1.807) is 0 Å². The molecule has 1 aromatic heterocycles. The minimum atomic E-state index is 0.220. The van der Waals surface area contributed by atoms with Crippen molar-refractivity contribution >= 4 is 10.9 Å². The quantitative estimate of drug-likeness (QED) is 0.652. The van der Waals surface area contributed by atoms with Gasteiger partial charge in [-0.3, -0.25) is 0 Å². The van der Waals surface area contributed by atoms with Crippen LogP contribution in [0.1, 0.15) is 29.3 Å². The SMILES string of the molecule is Cc1ccc2[nH]c3c(c2c1)CC[C@H]3N. The van der Waals surface area contributed by atoms with Crippen molar-refractivity contribution in [2.75, 3.05) is 0 Å². The molecule has 0 aliphatic heterocycles. The van der Waals surface area contributed by atoms with Crippen LogP contribution in [0.15, 0.2) is 18.2 Å². The number of benzene rings is 1. The third-order valence-corrected chi connectivity index (χ3v) is 3.17. The van der Waals surface area contributed by atoms with Crippen molar-refractivity contribution < 1.29 is 0 Å². The molecule has 0 bridgehead atoms. The Morgan fingerprint density at radius 1 is 1.43 bits per heavy atom. The highest BCUT2D eigenvalue weighted by molar-refractivity contribution is 5.86. The Bertz CT molecular complexity index is 496. The van der Waals surface area contributed by atoms with Gasteiger partial charge in [0.05, 0.1) is 0 Å². The monoisotopic (exact) mass is 186 g/mol. The summed E-state index contributed by atoms with van der Waals surface area (Å²) >= 11 is 0. The highest BCUT2D eigenvalue weighted by Gasteiger charge is 2.23. The van der Waals surface area contributed by atoms with Gasteiger partial charge in [-0.2, -0.15) is 0 Å². The molecule has 0 spiro atoms. The first-order valence-electron chi connectivity index (χ1n) is 5.12. The zero-order valence-corrected chi connectivity index (χ0v) is 8.30. The topological polar surface area (TPSA) is 41.8 Å². The largest absolute Gasteiger partial charge is 0.357 e. The molecule has 1 heterocycles. The molecule has 2 aromatic rings. The maximum Gasteiger partial charge on any atom is 0.0459 e. The van der Waals surface area contributed by atoms with Gasteiger partial charge in [0.1, 0.15) is 0 Å². The Balaban J connectivity index is 2.36. The van der Waals surface area contributed by atoms with Crippen molar-refractivity contribution in [1.82, 2.24) is 4.98 Å². The summed E-state index contributed by atoms with van der Waals surface area (Å²) in [5, 5.41) is 1.37. The van der Waals surface area contributed by atoms with E-state index >= 15 is 0 Å². The minimum absolute atomic E-state index is 0.220. The van der Waals surface area contributed by atoms with Crippen molar-refractivity contribution in [2.45, 2.75) is 25.8 Å². The van der Waals surface area contributed by atoms with Crippen LogP contribution in [0.3, 0.4) is 0 Å². The lowest BCUT2D eigenvalue weighted by Crippen LogP contribution is -2.05. The maximum atomic E-state index is 6.02. The van der Waals surface area contributed by atoms with Gasteiger partial charge in [0.2, 0.25) is 0 Å². The van der Waals surface area contributed by atoms with Crippen LogP contribution in [0.25, 0.3) is 10.9 Å². The number of fused-ring (bicyclic) bond motifs is 3. The molecule has 72 valence electrons. The van der Waals surface area contributed by atoms with Crippen molar-refractivity contribution in [1.29, 1.82) is 0 Å². The van der Waals surface area contributed by atoms with E-state index in [1.165, 1.54) is 27.7 Å². The number of hydrogen-bond donors (Lipinski definition) is 2. The molecule has 0 fully saturated rings.